The quantitative estimate of drug-likeness (QED) is 0.0693. The third-order valence-electron chi connectivity index (χ3n) is 12.6. The topological polar surface area (TPSA) is 155 Å². The van der Waals surface area contributed by atoms with Gasteiger partial charge in [0.1, 0.15) is 20.7 Å². The smallest absolute Gasteiger partial charge is 1.00 e. The molecule has 0 saturated carbocycles. The van der Waals surface area contributed by atoms with Crippen molar-refractivity contribution in [2.75, 3.05) is 26.4 Å². The fraction of sp³-hybridized carbons (Fsp3) is 1.00. The minimum absolute atomic E-state index is 0. The molecule has 0 bridgehead atoms. The van der Waals surface area contributed by atoms with Gasteiger partial charge < -0.3 is 25.1 Å². The van der Waals surface area contributed by atoms with Crippen LogP contribution in [0.3, 0.4) is 0 Å². The summed E-state index contributed by atoms with van der Waals surface area (Å²) in [7, 11) is -9.38. The Kier molecular flexibility index (Phi) is 16.7. The number of hydrogen-bond acceptors (Lipinski definition) is 9. The molecule has 14 heteroatoms. The van der Waals surface area contributed by atoms with Crippen molar-refractivity contribution in [3.63, 3.8) is 0 Å². The summed E-state index contributed by atoms with van der Waals surface area (Å²) in [6.45, 7) is 8.44. The molecule has 0 aliphatic carbocycles. The number of hydrogen-bond donors (Lipinski definition) is 2. The van der Waals surface area contributed by atoms with Crippen LogP contribution >= 0.6 is 0 Å². The Morgan fingerprint density at radius 2 is 0.800 bits per heavy atom. The second kappa shape index (κ2) is 18.5. The van der Waals surface area contributed by atoms with Gasteiger partial charge in [-0.15, -0.1) is 0 Å². The van der Waals surface area contributed by atoms with Crippen molar-refractivity contribution in [1.82, 2.24) is 0 Å². The Morgan fingerprint density at radius 3 is 1.00 bits per heavy atom. The molecule has 50 heavy (non-hydrogen) atoms. The molecule has 4 saturated heterocycles. The van der Waals surface area contributed by atoms with Gasteiger partial charge in [0.05, 0.1) is 26.4 Å². The predicted octanol–water partition coefficient (Wildman–Crippen LogP) is 5.03. The maximum absolute atomic E-state index is 13.4. The summed E-state index contributed by atoms with van der Waals surface area (Å²) in [5.41, 5.74) is -3.12. The summed E-state index contributed by atoms with van der Waals surface area (Å²) in [5.74, 6) is -3.28. The zero-order valence-electron chi connectivity index (χ0n) is 32.8. The van der Waals surface area contributed by atoms with Crippen LogP contribution in [0.5, 0.6) is 0 Å². The van der Waals surface area contributed by atoms with Gasteiger partial charge in [0.2, 0.25) is 11.6 Å². The molecular weight excluding hydrogens is 696 g/mol. The third-order valence-corrected chi connectivity index (χ3v) is 15.9. The van der Waals surface area contributed by atoms with Crippen LogP contribution in [0.1, 0.15) is 170 Å². The first kappa shape index (κ1) is 45.0. The minimum Gasteiger partial charge on any atom is -1.00 e. The van der Waals surface area contributed by atoms with E-state index in [1.165, 1.54) is 52.4 Å². The molecule has 0 spiro atoms. The van der Waals surface area contributed by atoms with Crippen molar-refractivity contribution in [3.05, 3.63) is 0 Å². The molecule has 4 aliphatic heterocycles. The van der Waals surface area contributed by atoms with Gasteiger partial charge in [-0.25, -0.2) is 0 Å². The molecule has 0 amide bonds. The van der Waals surface area contributed by atoms with Gasteiger partial charge in [0, 0.05) is 25.7 Å². The SMILES string of the molecule is CCCCCCCCCCC(C)(C1(C2(OC3(C4(C(C)(CCCCCCCCCC)S(=O)(=O)O)CCO4)CCO3)CCO2)CCO1)S(=O)(=O)O.[H-].[Na+]. The molecule has 11 nitrogen and oxygen atoms in total. The number of rotatable bonds is 26. The van der Waals surface area contributed by atoms with E-state index in [4.69, 9.17) is 23.7 Å². The van der Waals surface area contributed by atoms with Crippen molar-refractivity contribution in [2.45, 2.75) is 201 Å². The van der Waals surface area contributed by atoms with Crippen LogP contribution in [0.4, 0.5) is 0 Å². The van der Waals surface area contributed by atoms with Crippen molar-refractivity contribution in [3.8, 4) is 0 Å². The van der Waals surface area contributed by atoms with E-state index in [9.17, 15) is 25.9 Å². The molecule has 4 fully saturated rings. The minimum atomic E-state index is -4.69. The van der Waals surface area contributed by atoms with E-state index in [0.717, 1.165) is 51.4 Å². The molecule has 6 atom stereocenters. The van der Waals surface area contributed by atoms with Crippen LogP contribution in [-0.4, -0.2) is 84.6 Å². The summed E-state index contributed by atoms with van der Waals surface area (Å²) in [4.78, 5) is 0. The van der Waals surface area contributed by atoms with Gasteiger partial charge in [0.15, 0.2) is 0 Å². The maximum Gasteiger partial charge on any atom is 1.00 e. The Labute approximate surface area is 326 Å². The normalized spacial score (nSPS) is 32.0. The number of ether oxygens (including phenoxy) is 5. The van der Waals surface area contributed by atoms with Crippen LogP contribution in [0.25, 0.3) is 0 Å². The van der Waals surface area contributed by atoms with Gasteiger partial charge in [-0.1, -0.05) is 117 Å². The molecular formula is C36H67NaO11S2. The van der Waals surface area contributed by atoms with Crippen LogP contribution in [-0.2, 0) is 43.9 Å². The van der Waals surface area contributed by atoms with Crippen molar-refractivity contribution in [1.29, 1.82) is 0 Å². The second-order valence-corrected chi connectivity index (χ2v) is 19.2. The summed E-state index contributed by atoms with van der Waals surface area (Å²) < 4.78 is 103. The van der Waals surface area contributed by atoms with Gasteiger partial charge in [0.25, 0.3) is 20.2 Å². The molecule has 0 aromatic rings. The standard InChI is InChI=1S/C36H66O11S2.Na.H/c1-5-7-9-11-13-15-17-19-21-31(3,48(37,38)39)33(23-27-43-33)35(25-29-45-35)47-36(26-30-46-36)34(24-28-44-34)32(4,49(40,41)42)22-20-18-16-14-12-10-8-6-2;;/h5-30H2,1-4H3,(H,37,38,39)(H,40,41,42);;/q;+1;-1. The Hall–Kier alpha value is 0.620. The van der Waals surface area contributed by atoms with Gasteiger partial charge in [-0.3, -0.25) is 9.11 Å². The first-order valence-electron chi connectivity index (χ1n) is 19.4. The monoisotopic (exact) mass is 762 g/mol. The molecule has 0 aromatic carbocycles. The molecule has 4 heterocycles. The fourth-order valence-corrected chi connectivity index (χ4v) is 11.2. The van der Waals surface area contributed by atoms with Crippen molar-refractivity contribution < 1.29 is 80.6 Å². The third kappa shape index (κ3) is 8.39. The first-order valence-corrected chi connectivity index (χ1v) is 22.2. The molecule has 6 unspecified atom stereocenters. The van der Waals surface area contributed by atoms with Crippen molar-refractivity contribution >= 4 is 20.2 Å². The summed E-state index contributed by atoms with van der Waals surface area (Å²) in [5, 5.41) is 0. The Balaban J connectivity index is 0.00000451. The van der Waals surface area contributed by atoms with E-state index in [1.54, 1.807) is 0 Å². The maximum atomic E-state index is 13.4. The Morgan fingerprint density at radius 1 is 0.540 bits per heavy atom. The molecule has 290 valence electrons. The molecule has 0 radical (unpaired) electrons. The van der Waals surface area contributed by atoms with Gasteiger partial charge in [-0.2, -0.15) is 16.8 Å². The van der Waals surface area contributed by atoms with Crippen LogP contribution in [0.15, 0.2) is 0 Å². The zero-order valence-corrected chi connectivity index (χ0v) is 35.4. The fourth-order valence-electron chi connectivity index (χ4n) is 8.93. The van der Waals surface area contributed by atoms with Gasteiger partial charge in [-0.05, 0) is 26.7 Å². The van der Waals surface area contributed by atoms with E-state index in [2.05, 4.69) is 13.8 Å². The molecule has 4 aliphatic rings. The summed E-state index contributed by atoms with van der Waals surface area (Å²) in [6.07, 6.45) is 17.7. The molecule has 2 N–H and O–H groups in total. The summed E-state index contributed by atoms with van der Waals surface area (Å²) >= 11 is 0. The van der Waals surface area contributed by atoms with E-state index in [0.29, 0.717) is 12.8 Å². The average Bonchev–Trinajstić information content (AvgIpc) is 2.94. The Bertz CT molecular complexity index is 1170. The zero-order chi connectivity index (χ0) is 35.9. The van der Waals surface area contributed by atoms with Crippen LogP contribution < -0.4 is 29.6 Å². The first-order chi connectivity index (χ1) is 23.2. The van der Waals surface area contributed by atoms with E-state index in [-0.39, 0.29) is 95.9 Å². The molecule has 0 aromatic heterocycles. The van der Waals surface area contributed by atoms with Crippen LogP contribution in [0, 0.1) is 0 Å². The largest absolute Gasteiger partial charge is 1.00 e. The van der Waals surface area contributed by atoms with E-state index in [1.807, 2.05) is 0 Å². The van der Waals surface area contributed by atoms with E-state index < -0.39 is 52.5 Å². The number of unbranched alkanes of at least 4 members (excludes halogenated alkanes) is 14. The van der Waals surface area contributed by atoms with Crippen molar-refractivity contribution in [2.24, 2.45) is 0 Å². The second-order valence-electron chi connectivity index (χ2n) is 15.5. The van der Waals surface area contributed by atoms with E-state index >= 15 is 0 Å². The van der Waals surface area contributed by atoms with Gasteiger partial charge >= 0.3 is 29.6 Å². The van der Waals surface area contributed by atoms with Crippen LogP contribution in [0.2, 0.25) is 0 Å². The summed E-state index contributed by atoms with van der Waals surface area (Å²) in [6, 6.07) is 0. The average molecular weight is 763 g/mol. The molecule has 4 rings (SSSR count). The predicted molar refractivity (Wildman–Crippen MR) is 190 cm³/mol.